The molecule has 1 fully saturated rings. The number of benzene rings is 2. The Morgan fingerprint density at radius 1 is 0.714 bits per heavy atom. The van der Waals surface area contributed by atoms with Gasteiger partial charge in [-0.15, -0.1) is 0 Å². The molecule has 1 heteroatoms. The summed E-state index contributed by atoms with van der Waals surface area (Å²) in [4.78, 5) is 0. The Balaban J connectivity index is 1.85. The molecule has 0 heterocycles. The molecule has 0 aromatic heterocycles. The van der Waals surface area contributed by atoms with E-state index in [1.54, 1.807) is 16.5 Å². The first kappa shape index (κ1) is 13.0. The van der Waals surface area contributed by atoms with Gasteiger partial charge in [-0.3, -0.25) is 0 Å². The lowest BCUT2D eigenvalue weighted by molar-refractivity contribution is 0.725. The number of rotatable bonds is 3. The molecule has 2 aromatic rings. The van der Waals surface area contributed by atoms with E-state index < -0.39 is 0 Å². The zero-order chi connectivity index (χ0) is 14.1. The SMILES string of the molecule is C1=C2CCCC(=C1P(c1ccccc1)c1ccccc1)C2. The van der Waals surface area contributed by atoms with Crippen LogP contribution in [0.1, 0.15) is 25.7 Å². The second-order valence-electron chi connectivity index (χ2n) is 5.83. The molecule has 0 unspecified atom stereocenters. The third kappa shape index (κ3) is 2.49. The zero-order valence-electron chi connectivity index (χ0n) is 12.1. The molecule has 1 saturated carbocycles. The third-order valence-corrected chi connectivity index (χ3v) is 6.95. The molecular weight excluding hydrogens is 271 g/mol. The topological polar surface area (TPSA) is 0 Å². The predicted molar refractivity (Wildman–Crippen MR) is 92.6 cm³/mol. The van der Waals surface area contributed by atoms with Crippen LogP contribution in [0, 0.1) is 0 Å². The highest BCUT2D eigenvalue weighted by Crippen LogP contribution is 2.52. The van der Waals surface area contributed by atoms with Gasteiger partial charge >= 0.3 is 0 Å². The van der Waals surface area contributed by atoms with Crippen molar-refractivity contribution in [1.29, 1.82) is 0 Å². The van der Waals surface area contributed by atoms with Crippen molar-refractivity contribution in [2.75, 3.05) is 0 Å². The van der Waals surface area contributed by atoms with Gasteiger partial charge in [0, 0.05) is 0 Å². The average molecular weight is 290 g/mol. The summed E-state index contributed by atoms with van der Waals surface area (Å²) < 4.78 is 0. The molecule has 0 aliphatic heterocycles. The quantitative estimate of drug-likeness (QED) is 0.706. The van der Waals surface area contributed by atoms with Crippen molar-refractivity contribution < 1.29 is 0 Å². The van der Waals surface area contributed by atoms with Crippen LogP contribution >= 0.6 is 7.92 Å². The first-order valence-electron chi connectivity index (χ1n) is 7.73. The second-order valence-corrected chi connectivity index (χ2v) is 8.01. The van der Waals surface area contributed by atoms with Gasteiger partial charge in [0.05, 0.1) is 0 Å². The average Bonchev–Trinajstić information content (AvgIpc) is 2.84. The van der Waals surface area contributed by atoms with Crippen molar-refractivity contribution in [3.8, 4) is 0 Å². The maximum atomic E-state index is 2.52. The molecule has 0 radical (unpaired) electrons. The van der Waals surface area contributed by atoms with Crippen molar-refractivity contribution >= 4 is 18.5 Å². The van der Waals surface area contributed by atoms with E-state index in [9.17, 15) is 0 Å². The van der Waals surface area contributed by atoms with Crippen LogP contribution in [0.3, 0.4) is 0 Å². The first-order valence-corrected chi connectivity index (χ1v) is 9.08. The van der Waals surface area contributed by atoms with Crippen LogP contribution in [-0.4, -0.2) is 0 Å². The van der Waals surface area contributed by atoms with E-state index in [0.717, 1.165) is 0 Å². The Bertz CT molecular complexity index is 656. The molecule has 2 aliphatic rings. The molecule has 0 N–H and O–H groups in total. The van der Waals surface area contributed by atoms with Crippen LogP contribution in [0.4, 0.5) is 0 Å². The number of fused-ring (bicyclic) bond motifs is 2. The van der Waals surface area contributed by atoms with Crippen LogP contribution in [-0.2, 0) is 0 Å². The lowest BCUT2D eigenvalue weighted by Gasteiger charge is -2.21. The van der Waals surface area contributed by atoms with Gasteiger partial charge in [0.15, 0.2) is 0 Å². The molecule has 0 spiro atoms. The Labute approximate surface area is 128 Å². The Hall–Kier alpha value is -1.65. The molecular formula is C20H19P. The zero-order valence-corrected chi connectivity index (χ0v) is 13.0. The molecule has 2 bridgehead atoms. The molecule has 0 atom stereocenters. The Morgan fingerprint density at radius 3 is 1.90 bits per heavy atom. The van der Waals surface area contributed by atoms with Gasteiger partial charge in [0.25, 0.3) is 0 Å². The molecule has 0 nitrogen and oxygen atoms in total. The molecule has 0 amide bonds. The van der Waals surface area contributed by atoms with Crippen LogP contribution in [0.5, 0.6) is 0 Å². The van der Waals surface area contributed by atoms with Gasteiger partial charge in [-0.1, -0.05) is 77.9 Å². The van der Waals surface area contributed by atoms with E-state index in [1.165, 1.54) is 36.3 Å². The fraction of sp³-hybridized carbons (Fsp3) is 0.200. The first-order chi connectivity index (χ1) is 10.4. The molecule has 0 saturated heterocycles. The molecule has 4 rings (SSSR count). The van der Waals surface area contributed by atoms with Crippen molar-refractivity contribution in [3.05, 3.63) is 83.2 Å². The number of hydrogen-bond acceptors (Lipinski definition) is 0. The van der Waals surface area contributed by atoms with Crippen molar-refractivity contribution in [3.63, 3.8) is 0 Å². The number of allylic oxidation sites excluding steroid dienone is 4. The Kier molecular flexibility index (Phi) is 3.49. The lowest BCUT2D eigenvalue weighted by atomic mass is 9.95. The fourth-order valence-electron chi connectivity index (χ4n) is 3.42. The maximum absolute atomic E-state index is 2.52. The standard InChI is InChI=1S/C20H19P/c1-3-10-18(11-4-1)21(19-12-5-2-6-13-19)20-15-16-8-7-9-17(20)14-16/h1-6,10-13,15H,7-9,14H2. The summed E-state index contributed by atoms with van der Waals surface area (Å²) in [5.41, 5.74) is 3.36. The summed E-state index contributed by atoms with van der Waals surface area (Å²) in [6, 6.07) is 22.1. The van der Waals surface area contributed by atoms with E-state index in [1.807, 2.05) is 0 Å². The number of hydrogen-bond donors (Lipinski definition) is 0. The van der Waals surface area contributed by atoms with Gasteiger partial charge in [-0.05, 0) is 49.5 Å². The monoisotopic (exact) mass is 290 g/mol. The predicted octanol–water partition coefficient (Wildman–Crippen LogP) is 4.89. The summed E-state index contributed by atoms with van der Waals surface area (Å²) in [5.74, 6) is 0. The minimum Gasteiger partial charge on any atom is -0.0655 e. The summed E-state index contributed by atoms with van der Waals surface area (Å²) in [7, 11) is -0.381. The van der Waals surface area contributed by atoms with E-state index in [0.29, 0.717) is 0 Å². The van der Waals surface area contributed by atoms with E-state index in [4.69, 9.17) is 0 Å². The summed E-state index contributed by atoms with van der Waals surface area (Å²) >= 11 is 0. The van der Waals surface area contributed by atoms with E-state index in [-0.39, 0.29) is 7.92 Å². The summed E-state index contributed by atoms with van der Waals surface area (Å²) in [6.45, 7) is 0. The summed E-state index contributed by atoms with van der Waals surface area (Å²) in [5, 5.41) is 4.59. The smallest absolute Gasteiger partial charge is 0.00955 e. The maximum Gasteiger partial charge on any atom is -0.00955 e. The molecule has 2 aliphatic carbocycles. The third-order valence-electron chi connectivity index (χ3n) is 4.39. The lowest BCUT2D eigenvalue weighted by Crippen LogP contribution is -2.12. The minimum atomic E-state index is -0.381. The highest BCUT2D eigenvalue weighted by molar-refractivity contribution is 7.77. The van der Waals surface area contributed by atoms with Crippen LogP contribution in [0.25, 0.3) is 0 Å². The van der Waals surface area contributed by atoms with Crippen molar-refractivity contribution in [2.24, 2.45) is 0 Å². The van der Waals surface area contributed by atoms with Gasteiger partial charge < -0.3 is 0 Å². The van der Waals surface area contributed by atoms with E-state index in [2.05, 4.69) is 66.7 Å². The van der Waals surface area contributed by atoms with Gasteiger partial charge in [-0.25, -0.2) is 0 Å². The highest BCUT2D eigenvalue weighted by Gasteiger charge is 2.27. The van der Waals surface area contributed by atoms with Gasteiger partial charge in [0.1, 0.15) is 0 Å². The van der Waals surface area contributed by atoms with E-state index >= 15 is 0 Å². The van der Waals surface area contributed by atoms with Crippen molar-refractivity contribution in [2.45, 2.75) is 25.7 Å². The highest BCUT2D eigenvalue weighted by atomic mass is 31.1. The second kappa shape index (κ2) is 5.62. The summed E-state index contributed by atoms with van der Waals surface area (Å²) in [6.07, 6.45) is 7.72. The van der Waals surface area contributed by atoms with Crippen LogP contribution < -0.4 is 10.6 Å². The minimum absolute atomic E-state index is 0.381. The Morgan fingerprint density at radius 2 is 1.33 bits per heavy atom. The molecule has 2 aromatic carbocycles. The van der Waals surface area contributed by atoms with Crippen LogP contribution in [0.2, 0.25) is 0 Å². The molecule has 21 heavy (non-hydrogen) atoms. The van der Waals surface area contributed by atoms with Gasteiger partial charge in [-0.2, -0.15) is 0 Å². The van der Waals surface area contributed by atoms with Crippen molar-refractivity contribution in [1.82, 2.24) is 0 Å². The normalized spacial score (nSPS) is 17.3. The van der Waals surface area contributed by atoms with Crippen LogP contribution in [0.15, 0.2) is 83.2 Å². The largest absolute Gasteiger partial charge is 0.0655 e. The molecule has 104 valence electrons. The van der Waals surface area contributed by atoms with Gasteiger partial charge in [0.2, 0.25) is 0 Å². The fourth-order valence-corrected chi connectivity index (χ4v) is 6.03.